The Hall–Kier alpha value is -2.66. The average Bonchev–Trinajstić information content (AvgIpc) is 3.04. The number of nitrogens with one attached hydrogen (secondary N) is 6. The summed E-state index contributed by atoms with van der Waals surface area (Å²) in [5.74, 6) is 0. The van der Waals surface area contributed by atoms with E-state index < -0.39 is 0 Å². The zero-order chi connectivity index (χ0) is 29.4. The fraction of sp³-hybridized carbons (Fsp3) is 0.486. The summed E-state index contributed by atoms with van der Waals surface area (Å²) in [4.78, 5) is 5.07. The first-order valence-corrected chi connectivity index (χ1v) is 16.2. The summed E-state index contributed by atoms with van der Waals surface area (Å²) in [7, 11) is 0. The molecule has 0 amide bonds. The van der Waals surface area contributed by atoms with E-state index in [1.165, 1.54) is 33.4 Å². The fourth-order valence-electron chi connectivity index (χ4n) is 5.64. The van der Waals surface area contributed by atoms with Crippen molar-refractivity contribution < 1.29 is 0 Å². The molecule has 0 saturated heterocycles. The van der Waals surface area contributed by atoms with Crippen LogP contribution in [0.15, 0.2) is 72.8 Å². The summed E-state index contributed by atoms with van der Waals surface area (Å²) in [5.41, 5.74) is 8.02. The maximum absolute atomic E-state index is 3.69. The minimum atomic E-state index is 0.868. The van der Waals surface area contributed by atoms with E-state index >= 15 is 0 Å². The highest BCUT2D eigenvalue weighted by molar-refractivity contribution is 5.24. The Morgan fingerprint density at radius 3 is 0.814 bits per heavy atom. The molecule has 8 heteroatoms. The second kappa shape index (κ2) is 18.2. The van der Waals surface area contributed by atoms with E-state index in [1.807, 2.05) is 0 Å². The highest BCUT2D eigenvalue weighted by atomic mass is 15.2. The molecule has 0 saturated carbocycles. The molecule has 3 aromatic rings. The molecular weight excluding hydrogens is 532 g/mol. The van der Waals surface area contributed by atoms with Crippen molar-refractivity contribution in [3.8, 4) is 0 Å². The topological polar surface area (TPSA) is 78.7 Å². The molecule has 0 atom stereocenters. The number of nitrogens with zero attached hydrogens (tertiary/aromatic N) is 2. The van der Waals surface area contributed by atoms with Crippen molar-refractivity contribution in [1.82, 2.24) is 41.7 Å². The fourth-order valence-corrected chi connectivity index (χ4v) is 5.64. The van der Waals surface area contributed by atoms with Gasteiger partial charge in [0.2, 0.25) is 0 Å². The zero-order valence-electron chi connectivity index (χ0n) is 25.8. The van der Waals surface area contributed by atoms with E-state index in [4.69, 9.17) is 0 Å². The first-order valence-electron chi connectivity index (χ1n) is 16.2. The second-order valence-corrected chi connectivity index (χ2v) is 11.9. The summed E-state index contributed by atoms with van der Waals surface area (Å²) >= 11 is 0. The molecule has 0 fully saturated rings. The van der Waals surface area contributed by atoms with Crippen molar-refractivity contribution in [2.75, 3.05) is 72.1 Å². The number of hydrogen-bond donors (Lipinski definition) is 6. The maximum Gasteiger partial charge on any atom is 0.0484 e. The highest BCUT2D eigenvalue weighted by Crippen LogP contribution is 2.07. The molecule has 0 aliphatic carbocycles. The molecule has 0 spiro atoms. The van der Waals surface area contributed by atoms with E-state index in [0.717, 1.165) is 111 Å². The molecule has 43 heavy (non-hydrogen) atoms. The third-order valence-electron chi connectivity index (χ3n) is 8.40. The van der Waals surface area contributed by atoms with Gasteiger partial charge < -0.3 is 31.9 Å². The van der Waals surface area contributed by atoms with Crippen LogP contribution in [-0.4, -0.2) is 81.9 Å². The molecule has 0 radical (unpaired) electrons. The molecule has 8 aliphatic heterocycles. The molecule has 0 unspecified atom stereocenters. The van der Waals surface area contributed by atoms with Gasteiger partial charge in [0.1, 0.15) is 0 Å². The Kier molecular flexibility index (Phi) is 13.5. The van der Waals surface area contributed by atoms with E-state index in [0.29, 0.717) is 0 Å². The number of benzene rings is 3. The Balaban J connectivity index is 1.29. The van der Waals surface area contributed by atoms with Crippen molar-refractivity contribution in [2.45, 2.75) is 39.3 Å². The van der Waals surface area contributed by atoms with Crippen LogP contribution in [-0.2, 0) is 39.3 Å². The van der Waals surface area contributed by atoms with E-state index in [9.17, 15) is 0 Å². The summed E-state index contributed by atoms with van der Waals surface area (Å²) in [5, 5.41) is 22.0. The minimum absolute atomic E-state index is 0.868. The average molecular weight is 585 g/mol. The van der Waals surface area contributed by atoms with Crippen molar-refractivity contribution in [3.63, 3.8) is 0 Å². The smallest absolute Gasteiger partial charge is 0.0484 e. The quantitative estimate of drug-likeness (QED) is 0.240. The van der Waals surface area contributed by atoms with Crippen molar-refractivity contribution in [1.29, 1.82) is 0 Å². The Labute approximate surface area is 259 Å². The summed E-state index contributed by atoms with van der Waals surface area (Å²) in [6.45, 7) is 16.2. The SMILES string of the molecule is c1cc2ccc1CNCCN1CCNCc3ccc(cc3)CNCCN(CCNC2)CNCc2ccc(cc2)CNCC1. The van der Waals surface area contributed by atoms with Gasteiger partial charge in [-0.1, -0.05) is 72.8 Å². The van der Waals surface area contributed by atoms with E-state index in [-0.39, 0.29) is 0 Å². The second-order valence-electron chi connectivity index (χ2n) is 11.9. The molecule has 8 aliphatic rings. The molecule has 11 rings (SSSR count). The molecule has 232 valence electrons. The monoisotopic (exact) mass is 584 g/mol. The Bertz CT molecular complexity index is 1100. The summed E-state index contributed by atoms with van der Waals surface area (Å²) in [6.07, 6.45) is 0. The van der Waals surface area contributed by atoms with Gasteiger partial charge in [-0.3, -0.25) is 9.80 Å². The molecule has 8 heterocycles. The summed E-state index contributed by atoms with van der Waals surface area (Å²) < 4.78 is 0. The molecule has 8 bridgehead atoms. The van der Waals surface area contributed by atoms with Crippen LogP contribution >= 0.6 is 0 Å². The minimum Gasteiger partial charge on any atom is -0.311 e. The van der Waals surface area contributed by atoms with Gasteiger partial charge in [0.05, 0.1) is 0 Å². The van der Waals surface area contributed by atoms with Crippen LogP contribution in [0.25, 0.3) is 0 Å². The number of hydrogen-bond acceptors (Lipinski definition) is 8. The van der Waals surface area contributed by atoms with Gasteiger partial charge in [0.15, 0.2) is 0 Å². The lowest BCUT2D eigenvalue weighted by atomic mass is 10.1. The van der Waals surface area contributed by atoms with Crippen molar-refractivity contribution in [3.05, 3.63) is 106 Å². The predicted octanol–water partition coefficient (Wildman–Crippen LogP) is 2.21. The van der Waals surface area contributed by atoms with Crippen LogP contribution in [0, 0.1) is 0 Å². The maximum atomic E-state index is 3.69. The van der Waals surface area contributed by atoms with Crippen LogP contribution in [0.5, 0.6) is 0 Å². The Morgan fingerprint density at radius 2 is 0.535 bits per heavy atom. The lowest BCUT2D eigenvalue weighted by Gasteiger charge is -2.23. The zero-order valence-corrected chi connectivity index (χ0v) is 25.8. The van der Waals surface area contributed by atoms with Crippen LogP contribution < -0.4 is 31.9 Å². The van der Waals surface area contributed by atoms with Gasteiger partial charge in [-0.25, -0.2) is 0 Å². The predicted molar refractivity (Wildman–Crippen MR) is 178 cm³/mol. The largest absolute Gasteiger partial charge is 0.311 e. The van der Waals surface area contributed by atoms with Crippen molar-refractivity contribution in [2.24, 2.45) is 0 Å². The third kappa shape index (κ3) is 11.7. The first kappa shape index (κ1) is 31.8. The molecule has 6 N–H and O–H groups in total. The number of rotatable bonds is 0. The third-order valence-corrected chi connectivity index (χ3v) is 8.40. The lowest BCUT2D eigenvalue weighted by molar-refractivity contribution is 0.251. The van der Waals surface area contributed by atoms with Crippen molar-refractivity contribution >= 4 is 0 Å². The van der Waals surface area contributed by atoms with Crippen LogP contribution in [0.4, 0.5) is 0 Å². The normalized spacial score (nSPS) is 22.6. The molecule has 8 nitrogen and oxygen atoms in total. The van der Waals surface area contributed by atoms with Crippen LogP contribution in [0.2, 0.25) is 0 Å². The van der Waals surface area contributed by atoms with Gasteiger partial charge in [-0.2, -0.15) is 0 Å². The van der Waals surface area contributed by atoms with Crippen LogP contribution in [0.1, 0.15) is 33.4 Å². The molecule has 0 aromatic heterocycles. The molecular formula is C35H52N8. The standard InChI is InChI=1S/C35H52N8/c1-5-32-6-2-30(1)23-36-13-18-42-19-14-37-24-31-3-7-33(8-4-31)27-40-17-22-43(21-16-39-26-32)29-41-28-35-11-9-34(10-12-35)25-38-15-20-42/h1-12,36-41H,13-29H2. The van der Waals surface area contributed by atoms with Gasteiger partial charge in [0.25, 0.3) is 0 Å². The van der Waals surface area contributed by atoms with Crippen LogP contribution in [0.3, 0.4) is 0 Å². The first-order chi connectivity index (χ1) is 21.3. The highest BCUT2D eigenvalue weighted by Gasteiger charge is 2.08. The van der Waals surface area contributed by atoms with Gasteiger partial charge in [-0.15, -0.1) is 0 Å². The Morgan fingerprint density at radius 1 is 0.302 bits per heavy atom. The van der Waals surface area contributed by atoms with Gasteiger partial charge >= 0.3 is 0 Å². The van der Waals surface area contributed by atoms with Gasteiger partial charge in [-0.05, 0) is 33.4 Å². The lowest BCUT2D eigenvalue weighted by Crippen LogP contribution is -2.41. The van der Waals surface area contributed by atoms with E-state index in [1.54, 1.807) is 0 Å². The van der Waals surface area contributed by atoms with Gasteiger partial charge in [0, 0.05) is 111 Å². The summed E-state index contributed by atoms with van der Waals surface area (Å²) in [6, 6.07) is 27.2. The van der Waals surface area contributed by atoms with E-state index in [2.05, 4.69) is 114 Å². The molecule has 3 aromatic carbocycles.